The summed E-state index contributed by atoms with van der Waals surface area (Å²) in [7, 11) is 3.54. The van der Waals surface area contributed by atoms with E-state index in [0.717, 1.165) is 45.6 Å². The Hall–Kier alpha value is -1.14. The van der Waals surface area contributed by atoms with Crippen molar-refractivity contribution >= 4 is 11.8 Å². The molecule has 0 aromatic carbocycles. The van der Waals surface area contributed by atoms with Crippen LogP contribution in [0.4, 0.5) is 0 Å². The molecule has 2 heterocycles. The molecule has 2 aliphatic heterocycles. The molecule has 0 aliphatic carbocycles. The summed E-state index contributed by atoms with van der Waals surface area (Å²) in [6.45, 7) is 4.45. The van der Waals surface area contributed by atoms with E-state index in [9.17, 15) is 9.59 Å². The largest absolute Gasteiger partial charge is 0.348 e. The molecule has 0 saturated carbocycles. The zero-order valence-electron chi connectivity index (χ0n) is 11.9. The zero-order valence-corrected chi connectivity index (χ0v) is 11.9. The third-order valence-electron chi connectivity index (χ3n) is 3.90. The predicted octanol–water partition coefficient (Wildman–Crippen LogP) is -1.03. The summed E-state index contributed by atoms with van der Waals surface area (Å²) < 4.78 is 0. The number of amides is 2. The predicted molar refractivity (Wildman–Crippen MR) is 72.7 cm³/mol. The van der Waals surface area contributed by atoms with Crippen LogP contribution in [0.2, 0.25) is 0 Å². The maximum atomic E-state index is 12.2. The van der Waals surface area contributed by atoms with Gasteiger partial charge in [0.1, 0.15) is 0 Å². The molecular formula is C13H24N4O2. The minimum atomic E-state index is 0.0231. The second-order valence-electron chi connectivity index (χ2n) is 5.54. The smallest absolute Gasteiger partial charge is 0.239 e. The second kappa shape index (κ2) is 6.34. The van der Waals surface area contributed by atoms with Crippen molar-refractivity contribution in [1.29, 1.82) is 0 Å². The SMILES string of the molecule is CN(C)C(=O)CN1CCN(C(=O)[C@H]2CCCN2)CC1. The van der Waals surface area contributed by atoms with Crippen molar-refractivity contribution in [1.82, 2.24) is 20.0 Å². The summed E-state index contributed by atoms with van der Waals surface area (Å²) in [5.41, 5.74) is 0. The minimum Gasteiger partial charge on any atom is -0.348 e. The van der Waals surface area contributed by atoms with E-state index in [1.54, 1.807) is 19.0 Å². The highest BCUT2D eigenvalue weighted by molar-refractivity contribution is 5.82. The molecule has 0 unspecified atom stereocenters. The van der Waals surface area contributed by atoms with Gasteiger partial charge in [0.15, 0.2) is 0 Å². The number of carbonyl (C=O) groups is 2. The lowest BCUT2D eigenvalue weighted by Crippen LogP contribution is -2.54. The van der Waals surface area contributed by atoms with Gasteiger partial charge < -0.3 is 15.1 Å². The van der Waals surface area contributed by atoms with Gasteiger partial charge in [0.2, 0.25) is 11.8 Å². The lowest BCUT2D eigenvalue weighted by molar-refractivity contribution is -0.135. The summed E-state index contributed by atoms with van der Waals surface area (Å²) in [5.74, 6) is 0.355. The van der Waals surface area contributed by atoms with Gasteiger partial charge in [-0.15, -0.1) is 0 Å². The molecule has 2 fully saturated rings. The molecule has 2 amide bonds. The number of rotatable bonds is 3. The molecule has 2 aliphatic rings. The third-order valence-corrected chi connectivity index (χ3v) is 3.90. The van der Waals surface area contributed by atoms with E-state index in [1.807, 2.05) is 4.90 Å². The van der Waals surface area contributed by atoms with Crippen LogP contribution in [0.1, 0.15) is 12.8 Å². The maximum Gasteiger partial charge on any atom is 0.239 e. The van der Waals surface area contributed by atoms with Crippen LogP contribution in [0, 0.1) is 0 Å². The van der Waals surface area contributed by atoms with Crippen LogP contribution < -0.4 is 5.32 Å². The molecule has 0 radical (unpaired) electrons. The molecule has 108 valence electrons. The van der Waals surface area contributed by atoms with E-state index in [0.29, 0.717) is 6.54 Å². The molecule has 1 N–H and O–H groups in total. The minimum absolute atomic E-state index is 0.0231. The molecule has 0 spiro atoms. The number of hydrogen-bond acceptors (Lipinski definition) is 4. The van der Waals surface area contributed by atoms with Gasteiger partial charge in [-0.05, 0) is 19.4 Å². The van der Waals surface area contributed by atoms with Gasteiger partial charge >= 0.3 is 0 Å². The van der Waals surface area contributed by atoms with Crippen molar-refractivity contribution in [2.24, 2.45) is 0 Å². The Kier molecular flexibility index (Phi) is 4.76. The molecule has 0 bridgehead atoms. The van der Waals surface area contributed by atoms with Gasteiger partial charge in [-0.1, -0.05) is 0 Å². The fraction of sp³-hybridized carbons (Fsp3) is 0.846. The molecule has 19 heavy (non-hydrogen) atoms. The molecule has 1 atom stereocenters. The van der Waals surface area contributed by atoms with Gasteiger partial charge in [-0.2, -0.15) is 0 Å². The Morgan fingerprint density at radius 2 is 1.89 bits per heavy atom. The summed E-state index contributed by atoms with van der Waals surface area (Å²) in [6, 6.07) is 0.0231. The lowest BCUT2D eigenvalue weighted by Gasteiger charge is -2.35. The van der Waals surface area contributed by atoms with Crippen LogP contribution in [0.15, 0.2) is 0 Å². The summed E-state index contributed by atoms with van der Waals surface area (Å²) in [4.78, 5) is 29.5. The average Bonchev–Trinajstić information content (AvgIpc) is 2.92. The second-order valence-corrected chi connectivity index (χ2v) is 5.54. The van der Waals surface area contributed by atoms with Crippen molar-refractivity contribution in [3.8, 4) is 0 Å². The van der Waals surface area contributed by atoms with Gasteiger partial charge in [0.25, 0.3) is 0 Å². The Bertz CT molecular complexity index is 332. The van der Waals surface area contributed by atoms with Crippen molar-refractivity contribution in [2.45, 2.75) is 18.9 Å². The van der Waals surface area contributed by atoms with Crippen LogP contribution in [0.25, 0.3) is 0 Å². The highest BCUT2D eigenvalue weighted by atomic mass is 16.2. The highest BCUT2D eigenvalue weighted by Crippen LogP contribution is 2.11. The van der Waals surface area contributed by atoms with Crippen molar-refractivity contribution in [3.05, 3.63) is 0 Å². The van der Waals surface area contributed by atoms with Gasteiger partial charge in [-0.3, -0.25) is 14.5 Å². The first kappa shape index (κ1) is 14.3. The van der Waals surface area contributed by atoms with Crippen LogP contribution in [-0.4, -0.2) is 85.9 Å². The molecule has 6 nitrogen and oxygen atoms in total. The standard InChI is InChI=1S/C13H24N4O2/c1-15(2)12(18)10-16-6-8-17(9-7-16)13(19)11-4-3-5-14-11/h11,14H,3-10H2,1-2H3/t11-/m1/s1. The van der Waals surface area contributed by atoms with Crippen molar-refractivity contribution in [3.63, 3.8) is 0 Å². The molecule has 0 aromatic rings. The Morgan fingerprint density at radius 1 is 1.21 bits per heavy atom. The molecule has 2 rings (SSSR count). The normalized spacial score (nSPS) is 24.5. The number of hydrogen-bond donors (Lipinski definition) is 1. The van der Waals surface area contributed by atoms with Crippen LogP contribution >= 0.6 is 0 Å². The van der Waals surface area contributed by atoms with Crippen LogP contribution in [-0.2, 0) is 9.59 Å². The van der Waals surface area contributed by atoms with E-state index in [1.165, 1.54) is 0 Å². The summed E-state index contributed by atoms with van der Waals surface area (Å²) in [5, 5.41) is 3.25. The topological polar surface area (TPSA) is 55.9 Å². The monoisotopic (exact) mass is 268 g/mol. The first-order valence-corrected chi connectivity index (χ1v) is 7.02. The van der Waals surface area contributed by atoms with Crippen LogP contribution in [0.5, 0.6) is 0 Å². The number of nitrogens with one attached hydrogen (secondary N) is 1. The quantitative estimate of drug-likeness (QED) is 0.711. The molecule has 0 aromatic heterocycles. The Labute approximate surface area is 114 Å². The van der Waals surface area contributed by atoms with Crippen molar-refractivity contribution in [2.75, 3.05) is 53.4 Å². The summed E-state index contributed by atoms with van der Waals surface area (Å²) >= 11 is 0. The maximum absolute atomic E-state index is 12.2. The first-order chi connectivity index (χ1) is 9.08. The van der Waals surface area contributed by atoms with Crippen LogP contribution in [0.3, 0.4) is 0 Å². The zero-order chi connectivity index (χ0) is 13.8. The molecule has 6 heteroatoms. The Balaban J connectivity index is 1.75. The van der Waals surface area contributed by atoms with E-state index in [4.69, 9.17) is 0 Å². The Morgan fingerprint density at radius 3 is 2.42 bits per heavy atom. The average molecular weight is 268 g/mol. The molecule has 2 saturated heterocycles. The van der Waals surface area contributed by atoms with Gasteiger partial charge in [0.05, 0.1) is 12.6 Å². The third kappa shape index (κ3) is 3.67. The van der Waals surface area contributed by atoms with E-state index in [2.05, 4.69) is 10.2 Å². The first-order valence-electron chi connectivity index (χ1n) is 7.02. The highest BCUT2D eigenvalue weighted by Gasteiger charge is 2.29. The van der Waals surface area contributed by atoms with E-state index < -0.39 is 0 Å². The fourth-order valence-corrected chi connectivity index (χ4v) is 2.57. The lowest BCUT2D eigenvalue weighted by atomic mass is 10.2. The summed E-state index contributed by atoms with van der Waals surface area (Å²) in [6.07, 6.45) is 2.05. The van der Waals surface area contributed by atoms with E-state index in [-0.39, 0.29) is 17.9 Å². The van der Waals surface area contributed by atoms with Gasteiger partial charge in [0, 0.05) is 40.3 Å². The fourth-order valence-electron chi connectivity index (χ4n) is 2.57. The number of likely N-dealkylation sites (N-methyl/N-ethyl adjacent to an activating group) is 1. The molecular weight excluding hydrogens is 244 g/mol. The van der Waals surface area contributed by atoms with Crippen molar-refractivity contribution < 1.29 is 9.59 Å². The number of carbonyl (C=O) groups excluding carboxylic acids is 2. The van der Waals surface area contributed by atoms with E-state index >= 15 is 0 Å². The van der Waals surface area contributed by atoms with Gasteiger partial charge in [-0.25, -0.2) is 0 Å². The number of piperazine rings is 1. The number of nitrogens with zero attached hydrogens (tertiary/aromatic N) is 3.